The van der Waals surface area contributed by atoms with Gasteiger partial charge in [0.05, 0.1) is 33.8 Å². The summed E-state index contributed by atoms with van der Waals surface area (Å²) < 4.78 is 1.05. The molecule has 1 N–H and O–H groups in total. The number of hydrogen-bond acceptors (Lipinski definition) is 8. The van der Waals surface area contributed by atoms with Crippen molar-refractivity contribution in [3.63, 3.8) is 0 Å². The van der Waals surface area contributed by atoms with Gasteiger partial charge < -0.3 is 15.1 Å². The van der Waals surface area contributed by atoms with Crippen molar-refractivity contribution in [2.75, 3.05) is 42.9 Å². The topological polar surface area (TPSA) is 70.1 Å². The molecule has 1 fully saturated rings. The quantitative estimate of drug-likeness (QED) is 0.382. The number of fused-ring (bicyclic) bond motifs is 2. The number of likely N-dealkylation sites (N-methyl/N-ethyl adjacent to an activating group) is 1. The van der Waals surface area contributed by atoms with E-state index in [1.54, 1.807) is 11.3 Å². The van der Waals surface area contributed by atoms with E-state index >= 15 is 0 Å². The van der Waals surface area contributed by atoms with Crippen molar-refractivity contribution in [3.05, 3.63) is 66.4 Å². The van der Waals surface area contributed by atoms with Crippen LogP contribution in [0.1, 0.15) is 6.92 Å². The second-order valence-electron chi connectivity index (χ2n) is 8.42. The summed E-state index contributed by atoms with van der Waals surface area (Å²) in [7, 11) is 0. The summed E-state index contributed by atoms with van der Waals surface area (Å²) in [5, 5.41) is 6.57. The zero-order chi connectivity index (χ0) is 22.9. The minimum atomic E-state index is 0.562. The normalized spacial score (nSPS) is 14.7. The largest absolute Gasteiger partial charge is 0.354 e. The van der Waals surface area contributed by atoms with E-state index in [1.807, 2.05) is 42.9 Å². The molecule has 0 radical (unpaired) electrons. The highest BCUT2D eigenvalue weighted by molar-refractivity contribution is 7.17. The van der Waals surface area contributed by atoms with Crippen LogP contribution >= 0.6 is 11.3 Å². The van der Waals surface area contributed by atoms with Gasteiger partial charge in [0.1, 0.15) is 5.82 Å². The molecule has 8 heteroatoms. The van der Waals surface area contributed by atoms with Crippen molar-refractivity contribution in [2.45, 2.75) is 6.92 Å². The number of thiophene rings is 1. The van der Waals surface area contributed by atoms with E-state index in [9.17, 15) is 0 Å². The highest BCUT2D eigenvalue weighted by Crippen LogP contribution is 2.34. The summed E-state index contributed by atoms with van der Waals surface area (Å²) >= 11 is 1.65. The molecule has 0 unspecified atom stereocenters. The number of hydrogen-bond donors (Lipinski definition) is 1. The highest BCUT2D eigenvalue weighted by Gasteiger charge is 2.17. The van der Waals surface area contributed by atoms with Crippen LogP contribution in [-0.2, 0) is 0 Å². The number of anilines is 3. The molecule has 5 aromatic rings. The molecule has 0 amide bonds. The summed E-state index contributed by atoms with van der Waals surface area (Å²) in [6.07, 6.45) is 5.65. The predicted molar refractivity (Wildman–Crippen MR) is 140 cm³/mol. The molecule has 1 aliphatic heterocycles. The third-order valence-corrected chi connectivity index (χ3v) is 7.27. The van der Waals surface area contributed by atoms with Gasteiger partial charge in [0.25, 0.3) is 0 Å². The van der Waals surface area contributed by atoms with E-state index in [2.05, 4.69) is 60.6 Å². The van der Waals surface area contributed by atoms with Crippen molar-refractivity contribution >= 4 is 49.9 Å². The Kier molecular flexibility index (Phi) is 5.52. The van der Waals surface area contributed by atoms with Gasteiger partial charge in [-0.1, -0.05) is 25.1 Å². The molecule has 4 aromatic heterocycles. The lowest BCUT2D eigenvalue weighted by atomic mass is 10.1. The molecule has 1 aliphatic rings. The van der Waals surface area contributed by atoms with Gasteiger partial charge in [-0.05, 0) is 30.8 Å². The molecule has 170 valence electrons. The van der Waals surface area contributed by atoms with E-state index in [1.165, 1.54) is 0 Å². The number of rotatable bonds is 5. The van der Waals surface area contributed by atoms with Gasteiger partial charge in [-0.25, -0.2) is 15.0 Å². The smallest absolute Gasteiger partial charge is 0.227 e. The first-order valence-electron chi connectivity index (χ1n) is 11.6. The molecule has 1 saturated heterocycles. The van der Waals surface area contributed by atoms with Crippen LogP contribution in [0.25, 0.3) is 32.2 Å². The Morgan fingerprint density at radius 2 is 1.82 bits per heavy atom. The standard InChI is InChI=1S/C26H25N7S/c1-2-32-9-11-33(12-10-32)24-8-7-20(15-28-24)30-26-29-16-23-25(31-26)21(17-34-23)19-13-18-5-3-4-6-22(18)27-14-19/h3-8,13-17H,2,9-12H2,1H3,(H,29,30,31). The van der Waals surface area contributed by atoms with Crippen LogP contribution in [0.3, 0.4) is 0 Å². The molecule has 0 spiro atoms. The predicted octanol–water partition coefficient (Wildman–Crippen LogP) is 5.19. The maximum Gasteiger partial charge on any atom is 0.227 e. The second kappa shape index (κ2) is 8.96. The first kappa shape index (κ1) is 20.9. The van der Waals surface area contributed by atoms with Gasteiger partial charge in [0.2, 0.25) is 5.95 Å². The third-order valence-electron chi connectivity index (χ3n) is 6.36. The Labute approximate surface area is 202 Å². The Morgan fingerprint density at radius 3 is 2.65 bits per heavy atom. The molecular weight excluding hydrogens is 442 g/mol. The Balaban J connectivity index is 1.23. The second-order valence-corrected chi connectivity index (χ2v) is 9.34. The van der Waals surface area contributed by atoms with Gasteiger partial charge in [0.15, 0.2) is 0 Å². The number of aromatic nitrogens is 4. The fourth-order valence-electron chi connectivity index (χ4n) is 4.38. The zero-order valence-corrected chi connectivity index (χ0v) is 19.8. The lowest BCUT2D eigenvalue weighted by molar-refractivity contribution is 0.270. The number of benzene rings is 1. The van der Waals surface area contributed by atoms with Crippen molar-refractivity contribution in [1.29, 1.82) is 0 Å². The van der Waals surface area contributed by atoms with Crippen LogP contribution in [0.15, 0.2) is 66.4 Å². The highest BCUT2D eigenvalue weighted by atomic mass is 32.1. The molecule has 0 bridgehead atoms. The SMILES string of the molecule is CCN1CCN(c2ccc(Nc3ncc4scc(-c5cnc6ccccc6c5)c4n3)cn2)CC1. The molecule has 1 aromatic carbocycles. The van der Waals surface area contributed by atoms with Crippen LogP contribution in [0.5, 0.6) is 0 Å². The van der Waals surface area contributed by atoms with Gasteiger partial charge in [-0.2, -0.15) is 0 Å². The Hall–Kier alpha value is -3.62. The summed E-state index contributed by atoms with van der Waals surface area (Å²) in [6.45, 7) is 7.52. The Bertz CT molecular complexity index is 1440. The summed E-state index contributed by atoms with van der Waals surface area (Å²) in [5.41, 5.74) is 4.93. The van der Waals surface area contributed by atoms with E-state index < -0.39 is 0 Å². The van der Waals surface area contributed by atoms with Crippen LogP contribution in [0, 0.1) is 0 Å². The van der Waals surface area contributed by atoms with Crippen LogP contribution in [0.4, 0.5) is 17.5 Å². The van der Waals surface area contributed by atoms with E-state index in [0.29, 0.717) is 5.95 Å². The molecule has 34 heavy (non-hydrogen) atoms. The number of piperazine rings is 1. The molecule has 5 heterocycles. The number of pyridine rings is 2. The average molecular weight is 468 g/mol. The van der Waals surface area contributed by atoms with E-state index in [0.717, 1.165) is 76.5 Å². The van der Waals surface area contributed by atoms with Crippen molar-refractivity contribution < 1.29 is 0 Å². The molecule has 0 atom stereocenters. The van der Waals surface area contributed by atoms with E-state index in [-0.39, 0.29) is 0 Å². The molecule has 0 aliphatic carbocycles. The summed E-state index contributed by atoms with van der Waals surface area (Å²) in [4.78, 5) is 23.5. The van der Waals surface area contributed by atoms with Crippen LogP contribution in [-0.4, -0.2) is 57.6 Å². The average Bonchev–Trinajstić information content (AvgIpc) is 3.32. The maximum absolute atomic E-state index is 4.83. The van der Waals surface area contributed by atoms with Gasteiger partial charge in [-0.3, -0.25) is 4.98 Å². The molecule has 0 saturated carbocycles. The Morgan fingerprint density at radius 1 is 0.941 bits per heavy atom. The fourth-order valence-corrected chi connectivity index (χ4v) is 5.25. The van der Waals surface area contributed by atoms with Gasteiger partial charge >= 0.3 is 0 Å². The zero-order valence-electron chi connectivity index (χ0n) is 19.0. The number of nitrogens with zero attached hydrogens (tertiary/aromatic N) is 6. The fraction of sp³-hybridized carbons (Fsp3) is 0.231. The third kappa shape index (κ3) is 4.06. The van der Waals surface area contributed by atoms with Gasteiger partial charge in [0, 0.05) is 54.3 Å². The minimum absolute atomic E-state index is 0.562. The maximum atomic E-state index is 4.83. The van der Waals surface area contributed by atoms with Gasteiger partial charge in [-0.15, -0.1) is 11.3 Å². The number of para-hydroxylation sites is 1. The van der Waals surface area contributed by atoms with Crippen LogP contribution < -0.4 is 10.2 Å². The van der Waals surface area contributed by atoms with E-state index in [4.69, 9.17) is 4.98 Å². The monoisotopic (exact) mass is 467 g/mol. The van der Waals surface area contributed by atoms with Crippen molar-refractivity contribution in [2.24, 2.45) is 0 Å². The van der Waals surface area contributed by atoms with Crippen molar-refractivity contribution in [1.82, 2.24) is 24.8 Å². The first-order valence-corrected chi connectivity index (χ1v) is 12.4. The molecular formula is C26H25N7S. The lowest BCUT2D eigenvalue weighted by Gasteiger charge is -2.34. The summed E-state index contributed by atoms with van der Waals surface area (Å²) in [5.74, 6) is 1.58. The van der Waals surface area contributed by atoms with Crippen LogP contribution in [0.2, 0.25) is 0 Å². The lowest BCUT2D eigenvalue weighted by Crippen LogP contribution is -2.46. The minimum Gasteiger partial charge on any atom is -0.354 e. The summed E-state index contributed by atoms with van der Waals surface area (Å²) in [6, 6.07) is 14.4. The number of nitrogens with one attached hydrogen (secondary N) is 1. The molecule has 7 nitrogen and oxygen atoms in total. The van der Waals surface area contributed by atoms with Crippen molar-refractivity contribution in [3.8, 4) is 11.1 Å². The first-order chi connectivity index (χ1) is 16.8. The molecule has 6 rings (SSSR count).